The number of carbonyl (C=O) groups excluding carboxylic acids is 1. The molecule has 5 nitrogen and oxygen atoms in total. The monoisotopic (exact) mass is 438 g/mol. The van der Waals surface area contributed by atoms with Crippen molar-refractivity contribution in [1.82, 2.24) is 10.2 Å². The maximum absolute atomic E-state index is 11.5. The third kappa shape index (κ3) is 7.37. The fourth-order valence-electron chi connectivity index (χ4n) is 4.44. The Labute approximate surface area is 185 Å². The number of amides is 1. The van der Waals surface area contributed by atoms with E-state index in [0.717, 1.165) is 50.0 Å². The van der Waals surface area contributed by atoms with Gasteiger partial charge in [-0.25, -0.2) is 0 Å². The number of nitriles is 1. The molecule has 1 aromatic rings. The summed E-state index contributed by atoms with van der Waals surface area (Å²) in [6.45, 7) is 7.57. The summed E-state index contributed by atoms with van der Waals surface area (Å²) in [7, 11) is 0. The van der Waals surface area contributed by atoms with Crippen molar-refractivity contribution < 1.29 is 4.79 Å². The zero-order valence-corrected chi connectivity index (χ0v) is 18.8. The lowest BCUT2D eigenvalue weighted by Crippen LogP contribution is -2.47. The molecule has 1 N–H and O–H groups in total. The molecule has 1 saturated heterocycles. The van der Waals surface area contributed by atoms with Gasteiger partial charge in [0.15, 0.2) is 0 Å². The van der Waals surface area contributed by atoms with Gasteiger partial charge >= 0.3 is 0 Å². The summed E-state index contributed by atoms with van der Waals surface area (Å²) >= 11 is 6.21. The van der Waals surface area contributed by atoms with Crippen LogP contribution >= 0.6 is 24.0 Å². The molecule has 7 heteroatoms. The summed E-state index contributed by atoms with van der Waals surface area (Å²) in [6, 6.07) is 8.47. The van der Waals surface area contributed by atoms with Crippen molar-refractivity contribution in [2.75, 3.05) is 37.6 Å². The Morgan fingerprint density at radius 1 is 1.17 bits per heavy atom. The van der Waals surface area contributed by atoms with Crippen molar-refractivity contribution >= 4 is 35.6 Å². The molecule has 2 fully saturated rings. The number of piperazine rings is 1. The summed E-state index contributed by atoms with van der Waals surface area (Å²) in [6.07, 6.45) is 5.67. The normalized spacial score (nSPS) is 22.4. The summed E-state index contributed by atoms with van der Waals surface area (Å²) in [5, 5.41) is 12.4. The second-order valence-electron chi connectivity index (χ2n) is 8.22. The van der Waals surface area contributed by atoms with Crippen LogP contribution in [0.15, 0.2) is 18.2 Å². The highest BCUT2D eigenvalue weighted by molar-refractivity contribution is 6.30. The second kappa shape index (κ2) is 11.6. The van der Waals surface area contributed by atoms with Crippen molar-refractivity contribution in [2.24, 2.45) is 5.92 Å². The first-order valence-corrected chi connectivity index (χ1v) is 10.8. The van der Waals surface area contributed by atoms with Gasteiger partial charge < -0.3 is 10.2 Å². The van der Waals surface area contributed by atoms with Crippen LogP contribution in [-0.2, 0) is 4.79 Å². The lowest BCUT2D eigenvalue weighted by Gasteiger charge is -2.37. The predicted molar refractivity (Wildman–Crippen MR) is 121 cm³/mol. The highest BCUT2D eigenvalue weighted by Gasteiger charge is 2.24. The molecule has 160 valence electrons. The molecule has 0 spiro atoms. The highest BCUT2D eigenvalue weighted by Crippen LogP contribution is 2.28. The van der Waals surface area contributed by atoms with Gasteiger partial charge in [0.2, 0.25) is 5.91 Å². The molecule has 0 aromatic heterocycles. The van der Waals surface area contributed by atoms with Crippen molar-refractivity contribution in [3.8, 4) is 6.07 Å². The van der Waals surface area contributed by atoms with Crippen LogP contribution in [0.2, 0.25) is 5.02 Å². The smallest absolute Gasteiger partial charge is 0.234 e. The summed E-state index contributed by atoms with van der Waals surface area (Å²) < 4.78 is 0. The number of benzene rings is 1. The van der Waals surface area contributed by atoms with Gasteiger partial charge in [-0.1, -0.05) is 11.6 Å². The lowest BCUT2D eigenvalue weighted by molar-refractivity contribution is -0.121. The fourth-order valence-corrected chi connectivity index (χ4v) is 4.72. The van der Waals surface area contributed by atoms with E-state index in [2.05, 4.69) is 34.2 Å². The molecule has 0 atom stereocenters. The topological polar surface area (TPSA) is 59.4 Å². The molecule has 3 rings (SSSR count). The van der Waals surface area contributed by atoms with E-state index in [4.69, 9.17) is 16.9 Å². The van der Waals surface area contributed by atoms with Crippen LogP contribution in [0.25, 0.3) is 0 Å². The molecule has 0 radical (unpaired) electrons. The Hall–Kier alpha value is -1.48. The first-order chi connectivity index (χ1) is 13.5. The second-order valence-corrected chi connectivity index (χ2v) is 8.66. The molecule has 1 aromatic carbocycles. The molecular formula is C22H32Cl2N4O. The van der Waals surface area contributed by atoms with Crippen molar-refractivity contribution in [1.29, 1.82) is 5.26 Å². The predicted octanol–water partition coefficient (Wildman–Crippen LogP) is 4.17. The fraction of sp³-hybridized carbons (Fsp3) is 0.636. The van der Waals surface area contributed by atoms with Crippen LogP contribution < -0.4 is 10.2 Å². The van der Waals surface area contributed by atoms with Crippen molar-refractivity contribution in [3.05, 3.63) is 28.8 Å². The first-order valence-electron chi connectivity index (χ1n) is 10.4. The molecule has 1 aliphatic heterocycles. The lowest BCUT2D eigenvalue weighted by atomic mass is 9.84. The summed E-state index contributed by atoms with van der Waals surface area (Å²) in [4.78, 5) is 16.6. The average Bonchev–Trinajstić information content (AvgIpc) is 2.67. The van der Waals surface area contributed by atoms with Crippen LogP contribution in [0.3, 0.4) is 0 Å². The molecule has 0 unspecified atom stereocenters. The summed E-state index contributed by atoms with van der Waals surface area (Å²) in [5.41, 5.74) is 2.45. The number of rotatable bonds is 6. The summed E-state index contributed by atoms with van der Waals surface area (Å²) in [5.74, 6) is 0.636. The largest absolute Gasteiger partial charge is 0.369 e. The van der Waals surface area contributed by atoms with Crippen LogP contribution in [0.4, 0.5) is 5.69 Å². The van der Waals surface area contributed by atoms with Crippen LogP contribution in [-0.4, -0.2) is 49.6 Å². The number of hydrogen-bond donors (Lipinski definition) is 1. The van der Waals surface area contributed by atoms with E-state index < -0.39 is 0 Å². The third-order valence-electron chi connectivity index (χ3n) is 6.07. The van der Waals surface area contributed by atoms with E-state index in [1.54, 1.807) is 0 Å². The van der Waals surface area contributed by atoms with Crippen molar-refractivity contribution in [2.45, 2.75) is 51.5 Å². The Bertz CT molecular complexity index is 685. The van der Waals surface area contributed by atoms with Crippen molar-refractivity contribution in [3.63, 3.8) is 0 Å². The molecule has 2 aliphatic rings. The van der Waals surface area contributed by atoms with Gasteiger partial charge in [0.05, 0.1) is 6.07 Å². The van der Waals surface area contributed by atoms with E-state index in [1.165, 1.54) is 37.1 Å². The zero-order valence-electron chi connectivity index (χ0n) is 17.2. The van der Waals surface area contributed by atoms with Crippen LogP contribution in [0.1, 0.15) is 44.1 Å². The maximum atomic E-state index is 11.5. The van der Waals surface area contributed by atoms with E-state index in [1.807, 2.05) is 12.1 Å². The van der Waals surface area contributed by atoms with E-state index in [9.17, 15) is 4.79 Å². The minimum absolute atomic E-state index is 0. The molecule has 1 saturated carbocycles. The number of carbonyl (C=O) groups is 1. The van der Waals surface area contributed by atoms with Gasteiger partial charge in [-0.05, 0) is 75.3 Å². The van der Waals surface area contributed by atoms with Crippen LogP contribution in [0, 0.1) is 24.2 Å². The molecule has 29 heavy (non-hydrogen) atoms. The van der Waals surface area contributed by atoms with Crippen LogP contribution in [0.5, 0.6) is 0 Å². The maximum Gasteiger partial charge on any atom is 0.234 e. The third-order valence-corrected chi connectivity index (χ3v) is 6.29. The molecular weight excluding hydrogens is 407 g/mol. The number of halogens is 2. The SMILES string of the molecule is Cc1cc(Cl)cc(N2CCN(CCC3CCC(NC(=O)CC#N)CC3)CC2)c1.Cl. The Kier molecular flexibility index (Phi) is 9.55. The minimum atomic E-state index is -0.126. The van der Waals surface area contributed by atoms with E-state index >= 15 is 0 Å². The number of anilines is 1. The minimum Gasteiger partial charge on any atom is -0.369 e. The molecule has 1 amide bonds. The van der Waals surface area contributed by atoms with E-state index in [-0.39, 0.29) is 30.8 Å². The molecule has 0 bridgehead atoms. The Balaban J connectivity index is 0.00000300. The average molecular weight is 439 g/mol. The van der Waals surface area contributed by atoms with Gasteiger partial charge in [-0.15, -0.1) is 12.4 Å². The van der Waals surface area contributed by atoms with Gasteiger partial charge in [0.1, 0.15) is 6.42 Å². The number of aryl methyl sites for hydroxylation is 1. The quantitative estimate of drug-likeness (QED) is 0.723. The standard InChI is InChI=1S/C22H31ClN4O.ClH/c1-17-14-19(23)16-21(15-17)27-12-10-26(11-13-27)9-7-18-2-4-20(5-3-18)25-22(28)6-8-24;/h14-16,18,20H,2-7,9-13H2,1H3,(H,25,28);1H. The van der Waals surface area contributed by atoms with Gasteiger partial charge in [-0.2, -0.15) is 5.26 Å². The Morgan fingerprint density at radius 2 is 1.86 bits per heavy atom. The molecule has 1 heterocycles. The Morgan fingerprint density at radius 3 is 2.48 bits per heavy atom. The van der Waals surface area contributed by atoms with Gasteiger partial charge in [0, 0.05) is 42.9 Å². The highest BCUT2D eigenvalue weighted by atomic mass is 35.5. The molecule has 1 aliphatic carbocycles. The first kappa shape index (κ1) is 23.8. The van der Waals surface area contributed by atoms with Gasteiger partial charge in [-0.3, -0.25) is 9.69 Å². The number of nitrogens with zero attached hydrogens (tertiary/aromatic N) is 3. The number of hydrogen-bond acceptors (Lipinski definition) is 4. The van der Waals surface area contributed by atoms with Gasteiger partial charge in [0.25, 0.3) is 0 Å². The number of nitrogens with one attached hydrogen (secondary N) is 1. The zero-order chi connectivity index (χ0) is 19.9. The van der Waals surface area contributed by atoms with E-state index in [0.29, 0.717) is 0 Å².